The number of hydrogen-bond acceptors (Lipinski definition) is 3. The van der Waals surface area contributed by atoms with Crippen molar-refractivity contribution in [1.29, 1.82) is 0 Å². The maximum absolute atomic E-state index is 12.0. The second kappa shape index (κ2) is 5.85. The number of hydrogen-bond donors (Lipinski definition) is 2. The summed E-state index contributed by atoms with van der Waals surface area (Å²) in [4.78, 5) is 12.0. The monoisotopic (exact) mass is 324 g/mol. The molecule has 0 unspecified atom stereocenters. The number of anilines is 1. The Morgan fingerprint density at radius 3 is 2.33 bits per heavy atom. The maximum Gasteiger partial charge on any atom is 0.255 e. The van der Waals surface area contributed by atoms with Gasteiger partial charge < -0.3 is 5.32 Å². The van der Waals surface area contributed by atoms with Gasteiger partial charge in [0, 0.05) is 16.3 Å². The van der Waals surface area contributed by atoms with Gasteiger partial charge in [-0.3, -0.25) is 4.79 Å². The third-order valence-electron chi connectivity index (χ3n) is 2.86. The van der Waals surface area contributed by atoms with Gasteiger partial charge in [0.05, 0.1) is 4.90 Å². The molecule has 0 saturated heterocycles. The van der Waals surface area contributed by atoms with E-state index in [-0.39, 0.29) is 10.8 Å². The first-order chi connectivity index (χ1) is 9.77. The normalized spacial score (nSPS) is 11.2. The number of aryl methyl sites for hydroxylation is 1. The molecule has 3 N–H and O–H groups in total. The summed E-state index contributed by atoms with van der Waals surface area (Å²) >= 11 is 5.75. The summed E-state index contributed by atoms with van der Waals surface area (Å²) in [6.07, 6.45) is 0. The molecule has 0 spiro atoms. The Kier molecular flexibility index (Phi) is 4.32. The lowest BCUT2D eigenvalue weighted by molar-refractivity contribution is 0.102. The van der Waals surface area contributed by atoms with E-state index in [0.717, 1.165) is 0 Å². The SMILES string of the molecule is Cc1ccc(NC(=O)c2ccc(Cl)cc2)cc1S(N)(=O)=O. The van der Waals surface area contributed by atoms with E-state index >= 15 is 0 Å². The van der Waals surface area contributed by atoms with Gasteiger partial charge in [-0.1, -0.05) is 17.7 Å². The van der Waals surface area contributed by atoms with Gasteiger partial charge in [-0.2, -0.15) is 0 Å². The van der Waals surface area contributed by atoms with E-state index in [2.05, 4.69) is 5.32 Å². The summed E-state index contributed by atoms with van der Waals surface area (Å²) in [5, 5.41) is 8.27. The molecule has 0 aromatic heterocycles. The van der Waals surface area contributed by atoms with Gasteiger partial charge in [-0.15, -0.1) is 0 Å². The minimum atomic E-state index is -3.83. The zero-order chi connectivity index (χ0) is 15.6. The van der Waals surface area contributed by atoms with Crippen molar-refractivity contribution in [3.63, 3.8) is 0 Å². The Hall–Kier alpha value is -1.89. The largest absolute Gasteiger partial charge is 0.322 e. The molecule has 0 aliphatic carbocycles. The van der Waals surface area contributed by atoms with E-state index in [4.69, 9.17) is 16.7 Å². The van der Waals surface area contributed by atoms with E-state index in [1.54, 1.807) is 43.3 Å². The van der Waals surface area contributed by atoms with Crippen LogP contribution in [0.15, 0.2) is 47.4 Å². The Labute approximate surface area is 127 Å². The molecule has 0 heterocycles. The number of nitrogens with two attached hydrogens (primary N) is 1. The third-order valence-corrected chi connectivity index (χ3v) is 4.16. The molecular weight excluding hydrogens is 312 g/mol. The number of primary sulfonamides is 1. The van der Waals surface area contributed by atoms with Gasteiger partial charge in [0.2, 0.25) is 10.0 Å². The van der Waals surface area contributed by atoms with E-state index in [9.17, 15) is 13.2 Å². The molecule has 7 heteroatoms. The van der Waals surface area contributed by atoms with Gasteiger partial charge in [0.15, 0.2) is 0 Å². The van der Waals surface area contributed by atoms with E-state index in [1.807, 2.05) is 0 Å². The fraction of sp³-hybridized carbons (Fsp3) is 0.0714. The first-order valence-electron chi connectivity index (χ1n) is 5.98. The lowest BCUT2D eigenvalue weighted by atomic mass is 10.2. The molecule has 2 aromatic carbocycles. The van der Waals surface area contributed by atoms with Crippen molar-refractivity contribution in [1.82, 2.24) is 0 Å². The Balaban J connectivity index is 2.28. The average molecular weight is 325 g/mol. The summed E-state index contributed by atoms with van der Waals surface area (Å²) in [5.74, 6) is -0.365. The minimum Gasteiger partial charge on any atom is -0.322 e. The number of amides is 1. The van der Waals surface area contributed by atoms with Gasteiger partial charge in [-0.25, -0.2) is 13.6 Å². The molecule has 0 saturated carbocycles. The lowest BCUT2D eigenvalue weighted by Crippen LogP contribution is -2.16. The van der Waals surface area contributed by atoms with Crippen LogP contribution in [-0.2, 0) is 10.0 Å². The van der Waals surface area contributed by atoms with Gasteiger partial charge in [0.1, 0.15) is 0 Å². The number of halogens is 1. The molecule has 0 radical (unpaired) electrons. The van der Waals surface area contributed by atoms with Crippen LogP contribution in [0.4, 0.5) is 5.69 Å². The smallest absolute Gasteiger partial charge is 0.255 e. The van der Waals surface area contributed by atoms with Crippen molar-refractivity contribution < 1.29 is 13.2 Å². The third kappa shape index (κ3) is 3.81. The molecular formula is C14H13ClN2O3S. The second-order valence-electron chi connectivity index (χ2n) is 4.49. The second-order valence-corrected chi connectivity index (χ2v) is 6.45. The zero-order valence-electron chi connectivity index (χ0n) is 11.1. The molecule has 1 amide bonds. The van der Waals surface area contributed by atoms with Gasteiger partial charge in [0.25, 0.3) is 5.91 Å². The predicted molar refractivity (Wildman–Crippen MR) is 82.0 cm³/mol. The number of sulfonamides is 1. The molecule has 0 bridgehead atoms. The quantitative estimate of drug-likeness (QED) is 0.909. The van der Waals surface area contributed by atoms with Crippen LogP contribution >= 0.6 is 11.6 Å². The zero-order valence-corrected chi connectivity index (χ0v) is 12.7. The van der Waals surface area contributed by atoms with E-state index in [0.29, 0.717) is 21.8 Å². The maximum atomic E-state index is 12.0. The highest BCUT2D eigenvalue weighted by Crippen LogP contribution is 2.20. The minimum absolute atomic E-state index is 0.0172. The number of benzene rings is 2. The van der Waals surface area contributed by atoms with Crippen LogP contribution in [0.25, 0.3) is 0 Å². The highest BCUT2D eigenvalue weighted by Gasteiger charge is 2.13. The summed E-state index contributed by atoms with van der Waals surface area (Å²) < 4.78 is 22.9. The van der Waals surface area contributed by atoms with Crippen LogP contribution in [0.5, 0.6) is 0 Å². The number of nitrogens with one attached hydrogen (secondary N) is 1. The van der Waals surface area contributed by atoms with E-state index < -0.39 is 10.0 Å². The highest BCUT2D eigenvalue weighted by atomic mass is 35.5. The molecule has 0 fully saturated rings. The van der Waals surface area contributed by atoms with Crippen molar-refractivity contribution in [3.05, 3.63) is 58.6 Å². The molecule has 0 aliphatic rings. The van der Waals surface area contributed by atoms with Crippen molar-refractivity contribution in [2.75, 3.05) is 5.32 Å². The first-order valence-corrected chi connectivity index (χ1v) is 7.90. The van der Waals surface area contributed by atoms with Crippen LogP contribution in [0, 0.1) is 6.92 Å². The summed E-state index contributed by atoms with van der Waals surface area (Å²) in [7, 11) is -3.83. The summed E-state index contributed by atoms with van der Waals surface area (Å²) in [6, 6.07) is 10.9. The van der Waals surface area contributed by atoms with Crippen molar-refractivity contribution in [3.8, 4) is 0 Å². The van der Waals surface area contributed by atoms with Crippen LogP contribution in [0.3, 0.4) is 0 Å². The Bertz CT molecular complexity index is 786. The molecule has 5 nitrogen and oxygen atoms in total. The molecule has 2 rings (SSSR count). The number of rotatable bonds is 3. The Morgan fingerprint density at radius 1 is 1.14 bits per heavy atom. The fourth-order valence-corrected chi connectivity index (χ4v) is 2.72. The lowest BCUT2D eigenvalue weighted by Gasteiger charge is -2.09. The standard InChI is InChI=1S/C14H13ClN2O3S/c1-9-2-7-12(8-13(9)21(16,19)20)17-14(18)10-3-5-11(15)6-4-10/h2-8H,1H3,(H,17,18)(H2,16,19,20). The van der Waals surface area contributed by atoms with Gasteiger partial charge >= 0.3 is 0 Å². The molecule has 21 heavy (non-hydrogen) atoms. The molecule has 0 atom stereocenters. The summed E-state index contributed by atoms with van der Waals surface area (Å²) in [6.45, 7) is 1.63. The summed E-state index contributed by atoms with van der Waals surface area (Å²) in [5.41, 5.74) is 1.28. The van der Waals surface area contributed by atoms with Crippen LogP contribution in [0.2, 0.25) is 5.02 Å². The first kappa shape index (κ1) is 15.5. The number of carbonyl (C=O) groups excluding carboxylic acids is 1. The molecule has 110 valence electrons. The Morgan fingerprint density at radius 2 is 1.76 bits per heavy atom. The molecule has 0 aliphatic heterocycles. The van der Waals surface area contributed by atoms with Crippen molar-refractivity contribution in [2.24, 2.45) is 5.14 Å². The van der Waals surface area contributed by atoms with E-state index in [1.165, 1.54) is 6.07 Å². The number of carbonyl (C=O) groups is 1. The topological polar surface area (TPSA) is 89.3 Å². The van der Waals surface area contributed by atoms with Gasteiger partial charge in [-0.05, 0) is 48.9 Å². The van der Waals surface area contributed by atoms with Crippen molar-refractivity contribution >= 4 is 33.2 Å². The highest BCUT2D eigenvalue weighted by molar-refractivity contribution is 7.89. The van der Waals surface area contributed by atoms with Crippen LogP contribution < -0.4 is 10.5 Å². The predicted octanol–water partition coefficient (Wildman–Crippen LogP) is 2.55. The van der Waals surface area contributed by atoms with Crippen LogP contribution in [0.1, 0.15) is 15.9 Å². The average Bonchev–Trinajstić information content (AvgIpc) is 2.40. The fourth-order valence-electron chi connectivity index (χ4n) is 1.79. The van der Waals surface area contributed by atoms with Crippen LogP contribution in [-0.4, -0.2) is 14.3 Å². The molecule has 2 aromatic rings. The van der Waals surface area contributed by atoms with Crippen molar-refractivity contribution in [2.45, 2.75) is 11.8 Å².